The summed E-state index contributed by atoms with van der Waals surface area (Å²) in [7, 11) is 1.62. The maximum atomic E-state index is 12.7. The van der Waals surface area contributed by atoms with Gasteiger partial charge in [0.2, 0.25) is 0 Å². The number of hydrogen-bond acceptors (Lipinski definition) is 3. The second kappa shape index (κ2) is 7.77. The maximum Gasteiger partial charge on any atom is 0.255 e. The van der Waals surface area contributed by atoms with Crippen LogP contribution >= 0.6 is 0 Å². The molecule has 0 aliphatic carbocycles. The number of methoxy groups -OCH3 is 1. The number of benzene rings is 2. The summed E-state index contributed by atoms with van der Waals surface area (Å²) in [5, 5.41) is 7.60. The number of hydrogen-bond donors (Lipinski definition) is 1. The highest BCUT2D eigenvalue weighted by Crippen LogP contribution is 2.23. The van der Waals surface area contributed by atoms with Crippen molar-refractivity contribution in [2.75, 3.05) is 13.7 Å². The van der Waals surface area contributed by atoms with E-state index in [0.717, 1.165) is 11.3 Å². The Bertz CT molecular complexity index is 829. The molecule has 5 nitrogen and oxygen atoms in total. The molecule has 1 heterocycles. The molecule has 0 aliphatic heterocycles. The number of aromatic nitrogens is 2. The second-order valence-corrected chi connectivity index (χ2v) is 5.87. The van der Waals surface area contributed by atoms with Crippen molar-refractivity contribution in [1.82, 2.24) is 15.1 Å². The largest absolute Gasteiger partial charge is 0.383 e. The molecule has 0 radical (unpaired) electrons. The molecule has 1 N–H and O–H groups in total. The number of nitrogens with zero attached hydrogens (tertiary/aromatic N) is 2. The monoisotopic (exact) mass is 335 g/mol. The van der Waals surface area contributed by atoms with E-state index in [1.54, 1.807) is 18.0 Å². The van der Waals surface area contributed by atoms with E-state index in [-0.39, 0.29) is 11.9 Å². The Morgan fingerprint density at radius 3 is 2.40 bits per heavy atom. The van der Waals surface area contributed by atoms with Gasteiger partial charge in [0.1, 0.15) is 5.69 Å². The Morgan fingerprint density at radius 1 is 1.12 bits per heavy atom. The van der Waals surface area contributed by atoms with Gasteiger partial charge in [0.05, 0.1) is 17.9 Å². The number of carbonyl (C=O) groups excluding carboxylic acids is 1. The first kappa shape index (κ1) is 16.9. The molecule has 3 aromatic rings. The summed E-state index contributed by atoms with van der Waals surface area (Å²) in [6.07, 6.45) is 1.77. The summed E-state index contributed by atoms with van der Waals surface area (Å²) < 4.78 is 6.83. The van der Waals surface area contributed by atoms with Crippen LogP contribution in [0, 0.1) is 0 Å². The van der Waals surface area contributed by atoms with Crippen molar-refractivity contribution in [2.24, 2.45) is 0 Å². The van der Waals surface area contributed by atoms with Crippen LogP contribution < -0.4 is 5.32 Å². The summed E-state index contributed by atoms with van der Waals surface area (Å²) in [5.74, 6) is -0.161. The van der Waals surface area contributed by atoms with E-state index in [1.165, 1.54) is 0 Å². The average Bonchev–Trinajstić information content (AvgIpc) is 3.09. The Hall–Kier alpha value is -2.92. The van der Waals surface area contributed by atoms with Gasteiger partial charge in [-0.05, 0) is 19.1 Å². The van der Waals surface area contributed by atoms with Crippen LogP contribution in [0.3, 0.4) is 0 Å². The molecule has 0 fully saturated rings. The lowest BCUT2D eigenvalue weighted by molar-refractivity contribution is 0.0906. The van der Waals surface area contributed by atoms with Crippen molar-refractivity contribution in [3.63, 3.8) is 0 Å². The van der Waals surface area contributed by atoms with Crippen molar-refractivity contribution in [1.29, 1.82) is 0 Å². The Labute approximate surface area is 147 Å². The van der Waals surface area contributed by atoms with Crippen LogP contribution in [0.15, 0.2) is 66.9 Å². The lowest BCUT2D eigenvalue weighted by atomic mass is 10.1. The molecule has 2 aromatic carbocycles. The number of nitrogens with one attached hydrogen (secondary N) is 1. The molecule has 25 heavy (non-hydrogen) atoms. The Morgan fingerprint density at radius 2 is 1.76 bits per heavy atom. The van der Waals surface area contributed by atoms with E-state index in [9.17, 15) is 4.79 Å². The molecule has 0 spiro atoms. The summed E-state index contributed by atoms with van der Waals surface area (Å²) >= 11 is 0. The van der Waals surface area contributed by atoms with Crippen LogP contribution in [-0.2, 0) is 4.74 Å². The number of carbonyl (C=O) groups is 1. The van der Waals surface area contributed by atoms with E-state index < -0.39 is 0 Å². The summed E-state index contributed by atoms with van der Waals surface area (Å²) in [5.41, 5.74) is 3.01. The van der Waals surface area contributed by atoms with Gasteiger partial charge < -0.3 is 10.1 Å². The maximum absolute atomic E-state index is 12.7. The highest BCUT2D eigenvalue weighted by atomic mass is 16.5. The third kappa shape index (κ3) is 3.95. The lowest BCUT2D eigenvalue weighted by Crippen LogP contribution is -2.35. The van der Waals surface area contributed by atoms with Gasteiger partial charge in [0.15, 0.2) is 0 Å². The van der Waals surface area contributed by atoms with Crippen LogP contribution in [0.5, 0.6) is 0 Å². The standard InChI is InChI=1S/C20H21N3O2/c1-15(14-25-2)21-20(24)18-13-23(17-11-7-4-8-12-17)22-19(18)16-9-5-3-6-10-16/h3-13,15H,14H2,1-2H3,(H,21,24). The Kier molecular flexibility index (Phi) is 5.26. The van der Waals surface area contributed by atoms with Crippen molar-refractivity contribution < 1.29 is 9.53 Å². The normalized spacial score (nSPS) is 11.9. The fourth-order valence-electron chi connectivity index (χ4n) is 2.66. The zero-order chi connectivity index (χ0) is 17.6. The summed E-state index contributed by atoms with van der Waals surface area (Å²) in [6, 6.07) is 19.4. The third-order valence-electron chi connectivity index (χ3n) is 3.82. The molecule has 128 valence electrons. The van der Waals surface area contributed by atoms with E-state index in [4.69, 9.17) is 4.74 Å². The fourth-order valence-corrected chi connectivity index (χ4v) is 2.66. The van der Waals surface area contributed by atoms with Crippen molar-refractivity contribution in [2.45, 2.75) is 13.0 Å². The number of para-hydroxylation sites is 1. The zero-order valence-corrected chi connectivity index (χ0v) is 14.3. The first-order valence-electron chi connectivity index (χ1n) is 8.19. The molecule has 1 amide bonds. The quantitative estimate of drug-likeness (QED) is 0.752. The van der Waals surface area contributed by atoms with Crippen LogP contribution in [0.25, 0.3) is 16.9 Å². The van der Waals surface area contributed by atoms with Gasteiger partial charge in [-0.15, -0.1) is 0 Å². The molecule has 0 saturated heterocycles. The number of amides is 1. The Balaban J connectivity index is 2.00. The van der Waals surface area contributed by atoms with Gasteiger partial charge in [-0.3, -0.25) is 4.79 Å². The second-order valence-electron chi connectivity index (χ2n) is 5.87. The molecular formula is C20H21N3O2. The molecule has 0 aliphatic rings. The fraction of sp³-hybridized carbons (Fsp3) is 0.200. The first-order chi connectivity index (χ1) is 12.2. The SMILES string of the molecule is COCC(C)NC(=O)c1cn(-c2ccccc2)nc1-c1ccccc1. The van der Waals surface area contributed by atoms with E-state index in [1.807, 2.05) is 67.6 Å². The van der Waals surface area contributed by atoms with Crippen molar-refractivity contribution >= 4 is 5.91 Å². The summed E-state index contributed by atoms with van der Waals surface area (Å²) in [6.45, 7) is 2.37. The van der Waals surface area contributed by atoms with Crippen LogP contribution in [0.2, 0.25) is 0 Å². The van der Waals surface area contributed by atoms with E-state index >= 15 is 0 Å². The molecule has 5 heteroatoms. The van der Waals surface area contributed by atoms with Gasteiger partial charge in [-0.1, -0.05) is 48.5 Å². The van der Waals surface area contributed by atoms with Gasteiger partial charge in [0, 0.05) is 24.9 Å². The minimum Gasteiger partial charge on any atom is -0.383 e. The van der Waals surface area contributed by atoms with Crippen LogP contribution in [0.4, 0.5) is 0 Å². The predicted molar refractivity (Wildman–Crippen MR) is 97.8 cm³/mol. The number of rotatable bonds is 6. The molecule has 1 atom stereocenters. The first-order valence-corrected chi connectivity index (χ1v) is 8.19. The predicted octanol–water partition coefficient (Wildman–Crippen LogP) is 3.30. The van der Waals surface area contributed by atoms with Crippen LogP contribution in [-0.4, -0.2) is 35.4 Å². The minimum absolute atomic E-state index is 0.0822. The molecule has 3 rings (SSSR count). The van der Waals surface area contributed by atoms with Crippen molar-refractivity contribution in [3.05, 3.63) is 72.4 Å². The molecule has 1 unspecified atom stereocenters. The molecule has 0 saturated carbocycles. The van der Waals surface area contributed by atoms with Gasteiger partial charge in [-0.2, -0.15) is 5.10 Å². The highest BCUT2D eigenvalue weighted by Gasteiger charge is 2.19. The zero-order valence-electron chi connectivity index (χ0n) is 14.3. The number of ether oxygens (including phenoxy) is 1. The highest BCUT2D eigenvalue weighted by molar-refractivity contribution is 6.00. The van der Waals surface area contributed by atoms with Gasteiger partial charge >= 0.3 is 0 Å². The van der Waals surface area contributed by atoms with Crippen molar-refractivity contribution in [3.8, 4) is 16.9 Å². The molecular weight excluding hydrogens is 314 g/mol. The minimum atomic E-state index is -0.161. The molecule has 1 aromatic heterocycles. The molecule has 0 bridgehead atoms. The van der Waals surface area contributed by atoms with Gasteiger partial charge in [-0.25, -0.2) is 4.68 Å². The van der Waals surface area contributed by atoms with E-state index in [0.29, 0.717) is 17.9 Å². The third-order valence-corrected chi connectivity index (χ3v) is 3.82. The van der Waals surface area contributed by atoms with Crippen LogP contribution in [0.1, 0.15) is 17.3 Å². The smallest absolute Gasteiger partial charge is 0.255 e. The topological polar surface area (TPSA) is 56.1 Å². The average molecular weight is 335 g/mol. The lowest BCUT2D eigenvalue weighted by Gasteiger charge is -2.12. The van der Waals surface area contributed by atoms with E-state index in [2.05, 4.69) is 10.4 Å². The van der Waals surface area contributed by atoms with Gasteiger partial charge in [0.25, 0.3) is 5.91 Å². The summed E-state index contributed by atoms with van der Waals surface area (Å²) in [4.78, 5) is 12.7.